The Morgan fingerprint density at radius 2 is 1.80 bits per heavy atom. The summed E-state index contributed by atoms with van der Waals surface area (Å²) in [4.78, 5) is 22.8. The van der Waals surface area contributed by atoms with Crippen molar-refractivity contribution in [1.29, 1.82) is 0 Å². The number of rotatable bonds is 6. The highest BCUT2D eigenvalue weighted by atomic mass is 16.7. The maximum atomic E-state index is 11.7. The molecule has 20 heavy (non-hydrogen) atoms. The van der Waals surface area contributed by atoms with Crippen LogP contribution in [0.2, 0.25) is 0 Å². The van der Waals surface area contributed by atoms with Gasteiger partial charge in [0.05, 0.1) is 18.3 Å². The monoisotopic (exact) mass is 279 g/mol. The van der Waals surface area contributed by atoms with Gasteiger partial charge in [-0.15, -0.1) is 0 Å². The summed E-state index contributed by atoms with van der Waals surface area (Å²) in [6.45, 7) is 5.25. The van der Waals surface area contributed by atoms with Crippen LogP contribution in [0.4, 0.5) is 4.79 Å². The molecule has 0 atom stereocenters. The van der Waals surface area contributed by atoms with Gasteiger partial charge in [-0.1, -0.05) is 18.2 Å². The lowest BCUT2D eigenvalue weighted by molar-refractivity contribution is 0.0283. The molecule has 1 rings (SSSR count). The number of carbonyl (C=O) groups excluding carboxylic acids is 2. The van der Waals surface area contributed by atoms with Crippen LogP contribution in [0.1, 0.15) is 37.6 Å². The van der Waals surface area contributed by atoms with E-state index in [9.17, 15) is 9.59 Å². The summed E-state index contributed by atoms with van der Waals surface area (Å²) >= 11 is 0. The van der Waals surface area contributed by atoms with E-state index in [0.29, 0.717) is 18.1 Å². The Balaban J connectivity index is 2.25. The molecule has 5 heteroatoms. The summed E-state index contributed by atoms with van der Waals surface area (Å²) in [5, 5.41) is 0. The highest BCUT2D eigenvalue weighted by Gasteiger charge is 2.14. The highest BCUT2D eigenvalue weighted by Crippen LogP contribution is 2.11. The average molecular weight is 279 g/mol. The van der Waals surface area contributed by atoms with Crippen LogP contribution < -0.4 is 0 Å². The van der Waals surface area contributed by atoms with Crippen molar-refractivity contribution in [2.24, 2.45) is 0 Å². The largest absolute Gasteiger partial charge is 0.508 e. The van der Waals surface area contributed by atoms with Crippen LogP contribution in [-0.4, -0.2) is 24.8 Å². The summed E-state index contributed by atoms with van der Waals surface area (Å²) in [5.41, 5.74) is 0.479. The number of benzene rings is 1. The predicted molar refractivity (Wildman–Crippen MR) is 73.0 cm³/mol. The molecular formula is C15H19O5. The molecule has 0 heterocycles. The van der Waals surface area contributed by atoms with E-state index in [-0.39, 0.29) is 12.7 Å². The van der Waals surface area contributed by atoms with Gasteiger partial charge < -0.3 is 14.2 Å². The van der Waals surface area contributed by atoms with Crippen molar-refractivity contribution in [3.8, 4) is 0 Å². The van der Waals surface area contributed by atoms with E-state index < -0.39 is 12.1 Å². The Morgan fingerprint density at radius 1 is 1.15 bits per heavy atom. The quantitative estimate of drug-likeness (QED) is 0.747. The molecule has 0 bridgehead atoms. The first-order valence-corrected chi connectivity index (χ1v) is 6.42. The minimum Gasteiger partial charge on any atom is -0.451 e. The lowest BCUT2D eigenvalue weighted by Crippen LogP contribution is -2.16. The molecule has 0 aliphatic rings. The molecule has 0 saturated heterocycles. The van der Waals surface area contributed by atoms with E-state index in [1.54, 1.807) is 45.0 Å². The standard InChI is InChI=1S/C15H19O5/c1-11(2)19-15(17)18-10-9-12(3)20-14(16)13-7-5-4-6-8-13/h4-8,11H,9-10H2,1-3H3. The van der Waals surface area contributed by atoms with Crippen LogP contribution in [0.5, 0.6) is 0 Å². The molecule has 0 saturated carbocycles. The maximum absolute atomic E-state index is 11.7. The van der Waals surface area contributed by atoms with Gasteiger partial charge >= 0.3 is 12.1 Å². The zero-order chi connectivity index (χ0) is 15.0. The second-order valence-corrected chi connectivity index (χ2v) is 4.47. The topological polar surface area (TPSA) is 61.8 Å². The van der Waals surface area contributed by atoms with Crippen molar-refractivity contribution in [3.05, 3.63) is 42.0 Å². The van der Waals surface area contributed by atoms with Crippen LogP contribution in [-0.2, 0) is 14.2 Å². The lowest BCUT2D eigenvalue weighted by atomic mass is 10.2. The molecule has 0 amide bonds. The summed E-state index contributed by atoms with van der Waals surface area (Å²) in [7, 11) is 0. The van der Waals surface area contributed by atoms with Crippen molar-refractivity contribution in [2.45, 2.75) is 33.3 Å². The van der Waals surface area contributed by atoms with Gasteiger partial charge in [0, 0.05) is 6.42 Å². The van der Waals surface area contributed by atoms with E-state index in [1.165, 1.54) is 0 Å². The first-order valence-electron chi connectivity index (χ1n) is 6.42. The van der Waals surface area contributed by atoms with Crippen LogP contribution in [0.25, 0.3) is 0 Å². The summed E-state index contributed by atoms with van der Waals surface area (Å²) in [6.07, 6.45) is -0.118. The second-order valence-electron chi connectivity index (χ2n) is 4.47. The summed E-state index contributed by atoms with van der Waals surface area (Å²) in [6, 6.07) is 8.69. The molecule has 109 valence electrons. The number of hydrogen-bond acceptors (Lipinski definition) is 5. The Labute approximate surface area is 118 Å². The van der Waals surface area contributed by atoms with Gasteiger partial charge in [-0.25, -0.2) is 9.59 Å². The second kappa shape index (κ2) is 8.19. The molecule has 1 aromatic carbocycles. The molecule has 0 N–H and O–H groups in total. The third kappa shape index (κ3) is 6.22. The first-order chi connectivity index (χ1) is 9.49. The van der Waals surface area contributed by atoms with Crippen molar-refractivity contribution in [3.63, 3.8) is 0 Å². The third-order valence-electron chi connectivity index (χ3n) is 2.28. The van der Waals surface area contributed by atoms with Gasteiger partial charge in [-0.2, -0.15) is 0 Å². The van der Waals surface area contributed by atoms with Gasteiger partial charge in [0.15, 0.2) is 6.10 Å². The Morgan fingerprint density at radius 3 is 2.40 bits per heavy atom. The smallest absolute Gasteiger partial charge is 0.451 e. The Kier molecular flexibility index (Phi) is 6.56. The summed E-state index contributed by atoms with van der Waals surface area (Å²) < 4.78 is 14.8. The van der Waals surface area contributed by atoms with Gasteiger partial charge in [0.2, 0.25) is 0 Å². The predicted octanol–water partition coefficient (Wildman–Crippen LogP) is 3.35. The molecular weight excluding hydrogens is 260 g/mol. The van der Waals surface area contributed by atoms with E-state index in [2.05, 4.69) is 0 Å². The average Bonchev–Trinajstić information content (AvgIpc) is 2.38. The molecule has 0 aliphatic carbocycles. The fourth-order valence-corrected chi connectivity index (χ4v) is 1.35. The van der Waals surface area contributed by atoms with Crippen LogP contribution >= 0.6 is 0 Å². The number of carbonyl (C=O) groups is 2. The maximum Gasteiger partial charge on any atom is 0.508 e. The van der Waals surface area contributed by atoms with E-state index in [0.717, 1.165) is 0 Å². The fraction of sp³-hybridized carbons (Fsp3) is 0.400. The zero-order valence-electron chi connectivity index (χ0n) is 11.9. The minimum atomic E-state index is -0.720. The number of ether oxygens (including phenoxy) is 3. The zero-order valence-corrected chi connectivity index (χ0v) is 11.9. The van der Waals surface area contributed by atoms with Crippen molar-refractivity contribution < 1.29 is 23.8 Å². The van der Waals surface area contributed by atoms with Gasteiger partial charge in [0.25, 0.3) is 0 Å². The molecule has 0 unspecified atom stereocenters. The first kappa shape index (κ1) is 16.0. The minimum absolute atomic E-state index is 0.111. The van der Waals surface area contributed by atoms with Gasteiger partial charge in [-0.3, -0.25) is 0 Å². The van der Waals surface area contributed by atoms with Crippen molar-refractivity contribution in [2.75, 3.05) is 6.61 Å². The molecule has 0 aliphatic heterocycles. The lowest BCUT2D eigenvalue weighted by Gasteiger charge is -2.12. The third-order valence-corrected chi connectivity index (χ3v) is 2.28. The van der Waals surface area contributed by atoms with Crippen molar-refractivity contribution >= 4 is 12.1 Å². The van der Waals surface area contributed by atoms with E-state index in [1.807, 2.05) is 6.07 Å². The van der Waals surface area contributed by atoms with Gasteiger partial charge in [0.1, 0.15) is 0 Å². The molecule has 0 spiro atoms. The highest BCUT2D eigenvalue weighted by molar-refractivity contribution is 5.89. The molecule has 0 aromatic heterocycles. The van der Waals surface area contributed by atoms with Gasteiger partial charge in [-0.05, 0) is 32.9 Å². The molecule has 5 nitrogen and oxygen atoms in total. The van der Waals surface area contributed by atoms with Crippen LogP contribution in [0.3, 0.4) is 0 Å². The van der Waals surface area contributed by atoms with E-state index >= 15 is 0 Å². The SMILES string of the molecule is C[C](CCOC(=O)OC(C)C)OC(=O)c1ccccc1. The summed E-state index contributed by atoms with van der Waals surface area (Å²) in [5.74, 6) is -0.423. The molecule has 1 aromatic rings. The molecule has 0 fully saturated rings. The molecule has 1 radical (unpaired) electrons. The fourth-order valence-electron chi connectivity index (χ4n) is 1.35. The number of hydrogen-bond donors (Lipinski definition) is 0. The van der Waals surface area contributed by atoms with Crippen LogP contribution in [0, 0.1) is 6.10 Å². The van der Waals surface area contributed by atoms with Crippen molar-refractivity contribution in [1.82, 2.24) is 0 Å². The Hall–Kier alpha value is -2.04. The van der Waals surface area contributed by atoms with Crippen LogP contribution in [0.15, 0.2) is 30.3 Å². The van der Waals surface area contributed by atoms with E-state index in [4.69, 9.17) is 14.2 Å². The number of esters is 1. The normalized spacial score (nSPS) is 10.4. The Bertz CT molecular complexity index is 427.